The van der Waals surface area contributed by atoms with Crippen LogP contribution in [0.25, 0.3) is 11.0 Å². The highest BCUT2D eigenvalue weighted by Gasteiger charge is 2.17. The third kappa shape index (κ3) is 3.55. The lowest BCUT2D eigenvalue weighted by Gasteiger charge is -2.12. The number of hydrogen-bond acceptors (Lipinski definition) is 6. The zero-order chi connectivity index (χ0) is 18.8. The van der Waals surface area contributed by atoms with Crippen LogP contribution in [0.5, 0.6) is 0 Å². The number of aromatic amines is 1. The van der Waals surface area contributed by atoms with E-state index in [4.69, 9.17) is 12.2 Å². The van der Waals surface area contributed by atoms with Crippen LogP contribution >= 0.6 is 23.6 Å². The Hall–Kier alpha value is -3.17. The molecule has 3 heterocycles. The SMILES string of the molecule is O=C(Nc1n[nH]c(=S)s1)c1cc2cccnc2n(Cc2ccccc2)c1=O. The van der Waals surface area contributed by atoms with Crippen molar-refractivity contribution in [3.63, 3.8) is 0 Å². The van der Waals surface area contributed by atoms with Crippen molar-refractivity contribution < 1.29 is 4.79 Å². The van der Waals surface area contributed by atoms with Crippen molar-refractivity contribution in [3.8, 4) is 0 Å². The Morgan fingerprint density at radius 1 is 1.22 bits per heavy atom. The second kappa shape index (κ2) is 7.22. The molecule has 2 N–H and O–H groups in total. The van der Waals surface area contributed by atoms with E-state index in [-0.39, 0.29) is 5.56 Å². The van der Waals surface area contributed by atoms with Gasteiger partial charge in [0.25, 0.3) is 11.5 Å². The Balaban J connectivity index is 1.81. The molecule has 3 aromatic heterocycles. The van der Waals surface area contributed by atoms with Crippen molar-refractivity contribution in [2.45, 2.75) is 6.54 Å². The first-order chi connectivity index (χ1) is 13.1. The van der Waals surface area contributed by atoms with Gasteiger partial charge in [0, 0.05) is 11.6 Å². The monoisotopic (exact) mass is 395 g/mol. The van der Waals surface area contributed by atoms with Crippen LogP contribution in [-0.2, 0) is 6.54 Å². The van der Waals surface area contributed by atoms with E-state index >= 15 is 0 Å². The van der Waals surface area contributed by atoms with Crippen LogP contribution in [0.2, 0.25) is 0 Å². The number of carbonyl (C=O) groups is 1. The number of carbonyl (C=O) groups excluding carboxylic acids is 1. The number of fused-ring (bicyclic) bond motifs is 1. The lowest BCUT2D eigenvalue weighted by Crippen LogP contribution is -2.30. The summed E-state index contributed by atoms with van der Waals surface area (Å²) >= 11 is 6.08. The molecular weight excluding hydrogens is 382 g/mol. The summed E-state index contributed by atoms with van der Waals surface area (Å²) in [6, 6.07) is 14.7. The van der Waals surface area contributed by atoms with Gasteiger partial charge in [-0.05, 0) is 36.0 Å². The Morgan fingerprint density at radius 3 is 2.78 bits per heavy atom. The normalized spacial score (nSPS) is 10.8. The van der Waals surface area contributed by atoms with Gasteiger partial charge in [0.05, 0.1) is 6.54 Å². The fourth-order valence-corrected chi connectivity index (χ4v) is 3.51. The summed E-state index contributed by atoms with van der Waals surface area (Å²) in [5, 5.41) is 10.1. The minimum absolute atomic E-state index is 0.0209. The van der Waals surface area contributed by atoms with Gasteiger partial charge in [0.2, 0.25) is 5.13 Å². The van der Waals surface area contributed by atoms with Gasteiger partial charge in [-0.25, -0.2) is 4.98 Å². The Morgan fingerprint density at radius 2 is 2.04 bits per heavy atom. The molecule has 7 nitrogen and oxygen atoms in total. The molecule has 0 aliphatic heterocycles. The van der Waals surface area contributed by atoms with E-state index in [0.29, 0.717) is 26.7 Å². The number of hydrogen-bond donors (Lipinski definition) is 2. The second-order valence-corrected chi connectivity index (χ2v) is 7.39. The summed E-state index contributed by atoms with van der Waals surface area (Å²) in [6.45, 7) is 0.315. The molecule has 4 rings (SSSR count). The zero-order valence-corrected chi connectivity index (χ0v) is 15.5. The summed E-state index contributed by atoms with van der Waals surface area (Å²) in [5.41, 5.74) is 1.07. The van der Waals surface area contributed by atoms with Gasteiger partial charge in [-0.15, -0.1) is 5.10 Å². The second-order valence-electron chi connectivity index (χ2n) is 5.72. The molecule has 27 heavy (non-hydrogen) atoms. The van der Waals surface area contributed by atoms with Crippen molar-refractivity contribution in [1.82, 2.24) is 19.7 Å². The molecule has 134 valence electrons. The van der Waals surface area contributed by atoms with Gasteiger partial charge in [0.15, 0.2) is 3.95 Å². The maximum atomic E-state index is 13.0. The number of amides is 1. The lowest BCUT2D eigenvalue weighted by atomic mass is 10.1. The van der Waals surface area contributed by atoms with Crippen LogP contribution in [0.4, 0.5) is 5.13 Å². The molecule has 0 aliphatic carbocycles. The van der Waals surface area contributed by atoms with Crippen LogP contribution < -0.4 is 10.9 Å². The highest BCUT2D eigenvalue weighted by molar-refractivity contribution is 7.73. The van der Waals surface area contributed by atoms with Gasteiger partial charge >= 0.3 is 0 Å². The number of anilines is 1. The van der Waals surface area contributed by atoms with Crippen LogP contribution in [0, 0.1) is 3.95 Å². The molecule has 0 spiro atoms. The van der Waals surface area contributed by atoms with E-state index in [0.717, 1.165) is 16.9 Å². The van der Waals surface area contributed by atoms with E-state index in [9.17, 15) is 9.59 Å². The summed E-state index contributed by atoms with van der Waals surface area (Å²) in [6.07, 6.45) is 1.62. The molecule has 0 radical (unpaired) electrons. The minimum Gasteiger partial charge on any atom is -0.296 e. The first-order valence-corrected chi connectivity index (χ1v) is 9.23. The summed E-state index contributed by atoms with van der Waals surface area (Å²) in [5.74, 6) is -0.537. The largest absolute Gasteiger partial charge is 0.296 e. The number of rotatable bonds is 4. The molecular formula is C18H13N5O2S2. The standard InChI is InChI=1S/C18H13N5O2S2/c24-15(20-17-21-22-18(26)27-17)13-9-12-7-4-8-19-14(12)23(16(13)25)10-11-5-2-1-3-6-11/h1-9H,10H2,(H,22,26)(H,20,21,24). The summed E-state index contributed by atoms with van der Waals surface area (Å²) < 4.78 is 1.95. The van der Waals surface area contributed by atoms with Crippen LogP contribution in [0.3, 0.4) is 0 Å². The predicted molar refractivity (Wildman–Crippen MR) is 107 cm³/mol. The van der Waals surface area contributed by atoms with E-state index in [1.807, 2.05) is 36.4 Å². The molecule has 0 atom stereocenters. The number of nitrogens with zero attached hydrogens (tertiary/aromatic N) is 3. The number of H-pyrrole nitrogens is 1. The fraction of sp³-hybridized carbons (Fsp3) is 0.0556. The van der Waals surface area contributed by atoms with E-state index in [2.05, 4.69) is 20.5 Å². The molecule has 0 saturated heterocycles. The van der Waals surface area contributed by atoms with Gasteiger partial charge in [-0.1, -0.05) is 41.7 Å². The molecule has 1 amide bonds. The van der Waals surface area contributed by atoms with E-state index in [1.54, 1.807) is 18.3 Å². The fourth-order valence-electron chi connectivity index (χ4n) is 2.73. The molecule has 9 heteroatoms. The third-order valence-corrected chi connectivity index (χ3v) is 4.94. The molecule has 0 aliphatic rings. The highest BCUT2D eigenvalue weighted by Crippen LogP contribution is 2.15. The molecule has 0 unspecified atom stereocenters. The van der Waals surface area contributed by atoms with Crippen LogP contribution in [-0.4, -0.2) is 25.7 Å². The molecule has 1 aromatic carbocycles. The van der Waals surface area contributed by atoms with Crippen molar-refractivity contribution in [3.05, 3.63) is 80.2 Å². The first kappa shape index (κ1) is 17.3. The van der Waals surface area contributed by atoms with Gasteiger partial charge < -0.3 is 0 Å². The molecule has 4 aromatic rings. The Kier molecular flexibility index (Phi) is 4.61. The third-order valence-electron chi connectivity index (χ3n) is 3.93. The number of benzene rings is 1. The van der Waals surface area contributed by atoms with Gasteiger partial charge in [-0.3, -0.25) is 24.6 Å². The summed E-state index contributed by atoms with van der Waals surface area (Å²) in [7, 11) is 0. The van der Waals surface area contributed by atoms with Crippen molar-refractivity contribution in [2.24, 2.45) is 0 Å². The van der Waals surface area contributed by atoms with E-state index < -0.39 is 11.5 Å². The quantitative estimate of drug-likeness (QED) is 0.518. The smallest absolute Gasteiger partial charge is 0.265 e. The Labute approximate surface area is 162 Å². The van der Waals surface area contributed by atoms with Crippen molar-refractivity contribution >= 4 is 45.6 Å². The number of aromatic nitrogens is 4. The maximum absolute atomic E-state index is 13.0. The molecule has 0 saturated carbocycles. The predicted octanol–water partition coefficient (Wildman–Crippen LogP) is 3.21. The number of nitrogens with one attached hydrogen (secondary N) is 2. The molecule has 0 bridgehead atoms. The van der Waals surface area contributed by atoms with Crippen LogP contribution in [0.15, 0.2) is 59.5 Å². The van der Waals surface area contributed by atoms with Gasteiger partial charge in [0.1, 0.15) is 11.2 Å². The number of pyridine rings is 2. The minimum atomic E-state index is -0.537. The average Bonchev–Trinajstić information content (AvgIpc) is 3.09. The lowest BCUT2D eigenvalue weighted by molar-refractivity contribution is 0.102. The topological polar surface area (TPSA) is 92.7 Å². The summed E-state index contributed by atoms with van der Waals surface area (Å²) in [4.78, 5) is 30.0. The average molecular weight is 395 g/mol. The van der Waals surface area contributed by atoms with E-state index in [1.165, 1.54) is 4.57 Å². The Bertz CT molecular complexity index is 1240. The van der Waals surface area contributed by atoms with Crippen molar-refractivity contribution in [2.75, 3.05) is 5.32 Å². The van der Waals surface area contributed by atoms with Crippen molar-refractivity contribution in [1.29, 1.82) is 0 Å². The molecule has 0 fully saturated rings. The maximum Gasteiger partial charge on any atom is 0.265 e. The zero-order valence-electron chi connectivity index (χ0n) is 13.9. The first-order valence-electron chi connectivity index (χ1n) is 8.01. The van der Waals surface area contributed by atoms with Gasteiger partial charge in [-0.2, -0.15) is 0 Å². The highest BCUT2D eigenvalue weighted by atomic mass is 32.1. The van der Waals surface area contributed by atoms with Crippen LogP contribution in [0.1, 0.15) is 15.9 Å².